The minimum absolute atomic E-state index is 0.0337. The third-order valence-electron chi connectivity index (χ3n) is 6.07. The van der Waals surface area contributed by atoms with Crippen molar-refractivity contribution in [3.63, 3.8) is 0 Å². The number of phenolic OH excluding ortho intramolecular Hbond substituents is 1. The van der Waals surface area contributed by atoms with Crippen LogP contribution in [0.15, 0.2) is 48.5 Å². The van der Waals surface area contributed by atoms with E-state index in [2.05, 4.69) is 21.9 Å². The molecule has 3 heterocycles. The van der Waals surface area contributed by atoms with Gasteiger partial charge in [0.15, 0.2) is 5.82 Å². The first-order valence-electron chi connectivity index (χ1n) is 10.6. The molecule has 8 heteroatoms. The summed E-state index contributed by atoms with van der Waals surface area (Å²) < 4.78 is 0. The number of aromatic hydroxyl groups is 1. The molecule has 160 valence electrons. The summed E-state index contributed by atoms with van der Waals surface area (Å²) in [7, 11) is 0. The van der Waals surface area contributed by atoms with E-state index >= 15 is 0 Å². The molecule has 0 spiro atoms. The zero-order valence-electron chi connectivity index (χ0n) is 17.2. The molecule has 2 atom stereocenters. The Bertz CT molecular complexity index is 1090. The fourth-order valence-corrected chi connectivity index (χ4v) is 4.45. The average molecular weight is 419 g/mol. The Morgan fingerprint density at radius 3 is 2.61 bits per heavy atom. The van der Waals surface area contributed by atoms with E-state index in [1.54, 1.807) is 18.2 Å². The Balaban J connectivity index is 1.60. The maximum atomic E-state index is 10.2. The minimum Gasteiger partial charge on any atom is -0.508 e. The fraction of sp³-hybridized carbons (Fsp3) is 0.348. The summed E-state index contributed by atoms with van der Waals surface area (Å²) in [5.41, 5.74) is 9.17. The lowest BCUT2D eigenvalue weighted by molar-refractivity contribution is 0.256. The second kappa shape index (κ2) is 8.13. The van der Waals surface area contributed by atoms with Gasteiger partial charge in [-0.2, -0.15) is 15.0 Å². The van der Waals surface area contributed by atoms with Gasteiger partial charge in [0.05, 0.1) is 12.6 Å². The van der Waals surface area contributed by atoms with Crippen molar-refractivity contribution >= 4 is 11.9 Å². The second-order valence-electron chi connectivity index (χ2n) is 8.14. The Morgan fingerprint density at radius 1 is 1.00 bits per heavy atom. The molecule has 0 amide bonds. The van der Waals surface area contributed by atoms with Gasteiger partial charge in [0.25, 0.3) is 0 Å². The Morgan fingerprint density at radius 2 is 1.84 bits per heavy atom. The van der Waals surface area contributed by atoms with E-state index in [4.69, 9.17) is 20.7 Å². The molecule has 2 aliphatic heterocycles. The molecule has 3 aromatic rings. The number of phenols is 1. The summed E-state index contributed by atoms with van der Waals surface area (Å²) in [6, 6.07) is 15.0. The third kappa shape index (κ3) is 3.80. The largest absolute Gasteiger partial charge is 0.508 e. The molecule has 1 fully saturated rings. The van der Waals surface area contributed by atoms with Gasteiger partial charge in [-0.3, -0.25) is 0 Å². The maximum Gasteiger partial charge on any atom is 0.231 e. The summed E-state index contributed by atoms with van der Waals surface area (Å²) in [6.07, 6.45) is 1.74. The van der Waals surface area contributed by atoms with Crippen LogP contribution >= 0.6 is 0 Å². The molecule has 2 aromatic carbocycles. The molecule has 0 saturated carbocycles. The number of aliphatic hydroxyl groups is 1. The van der Waals surface area contributed by atoms with Gasteiger partial charge in [0.1, 0.15) is 5.75 Å². The highest BCUT2D eigenvalue weighted by atomic mass is 16.3. The van der Waals surface area contributed by atoms with Crippen molar-refractivity contribution in [3.8, 4) is 17.1 Å². The number of aromatic nitrogens is 3. The molecule has 2 aliphatic rings. The summed E-state index contributed by atoms with van der Waals surface area (Å²) in [6.45, 7) is 2.14. The molecule has 0 aliphatic carbocycles. The molecule has 4 N–H and O–H groups in total. The number of anilines is 2. The number of benzene rings is 2. The first-order valence-corrected chi connectivity index (χ1v) is 10.6. The number of hydrogen-bond acceptors (Lipinski definition) is 8. The van der Waals surface area contributed by atoms with Crippen molar-refractivity contribution < 1.29 is 10.2 Å². The van der Waals surface area contributed by atoms with E-state index in [-0.39, 0.29) is 24.4 Å². The highest BCUT2D eigenvalue weighted by Crippen LogP contribution is 2.34. The lowest BCUT2D eigenvalue weighted by Crippen LogP contribution is -2.39. The smallest absolute Gasteiger partial charge is 0.231 e. The zero-order valence-corrected chi connectivity index (χ0v) is 17.2. The van der Waals surface area contributed by atoms with Crippen molar-refractivity contribution in [2.24, 2.45) is 5.73 Å². The first kappa shape index (κ1) is 19.7. The van der Waals surface area contributed by atoms with E-state index in [1.807, 2.05) is 18.2 Å². The lowest BCUT2D eigenvalue weighted by atomic mass is 9.93. The van der Waals surface area contributed by atoms with E-state index < -0.39 is 0 Å². The van der Waals surface area contributed by atoms with Crippen molar-refractivity contribution in [2.75, 3.05) is 36.0 Å². The zero-order chi connectivity index (χ0) is 21.4. The number of nitrogens with two attached hydrogens (primary N) is 1. The van der Waals surface area contributed by atoms with Crippen LogP contribution in [0.5, 0.6) is 5.75 Å². The number of aliphatic hydroxyl groups excluding tert-OH is 1. The van der Waals surface area contributed by atoms with Gasteiger partial charge in [0.2, 0.25) is 11.9 Å². The normalized spacial score (nSPS) is 20.7. The van der Waals surface area contributed by atoms with E-state index in [9.17, 15) is 10.2 Å². The van der Waals surface area contributed by atoms with Gasteiger partial charge >= 0.3 is 0 Å². The number of rotatable bonds is 4. The maximum absolute atomic E-state index is 10.2. The molecular weight excluding hydrogens is 392 g/mol. The van der Waals surface area contributed by atoms with Gasteiger partial charge in [-0.25, -0.2) is 0 Å². The highest BCUT2D eigenvalue weighted by Gasteiger charge is 2.30. The molecule has 5 rings (SSSR count). The average Bonchev–Trinajstić information content (AvgIpc) is 3.24. The SMILES string of the molecule is NC1CCN(c2nc(-c3cccc(O)c3)nc(N3CCc4ccccc4[C@@H]3CO)n2)C1. The molecular formula is C23H26N6O2. The van der Waals surface area contributed by atoms with Crippen molar-refractivity contribution in [2.45, 2.75) is 24.9 Å². The van der Waals surface area contributed by atoms with Crippen LogP contribution in [0, 0.1) is 0 Å². The van der Waals surface area contributed by atoms with Crippen molar-refractivity contribution in [1.82, 2.24) is 15.0 Å². The van der Waals surface area contributed by atoms with Gasteiger partial charge in [-0.1, -0.05) is 36.4 Å². The lowest BCUT2D eigenvalue weighted by Gasteiger charge is -2.36. The Hall–Kier alpha value is -3.23. The molecule has 0 radical (unpaired) electrons. The third-order valence-corrected chi connectivity index (χ3v) is 6.07. The van der Waals surface area contributed by atoms with Crippen LogP contribution in [0.3, 0.4) is 0 Å². The predicted octanol–water partition coefficient (Wildman–Crippen LogP) is 1.88. The monoisotopic (exact) mass is 418 g/mol. The van der Waals surface area contributed by atoms with Gasteiger partial charge < -0.3 is 25.7 Å². The summed E-state index contributed by atoms with van der Waals surface area (Å²) in [5.74, 6) is 1.75. The first-order chi connectivity index (χ1) is 15.1. The highest BCUT2D eigenvalue weighted by molar-refractivity contribution is 5.61. The van der Waals surface area contributed by atoms with E-state index in [0.717, 1.165) is 24.9 Å². The molecule has 1 saturated heterocycles. The topological polar surface area (TPSA) is 112 Å². The van der Waals surface area contributed by atoms with Crippen molar-refractivity contribution in [3.05, 3.63) is 59.7 Å². The second-order valence-corrected chi connectivity index (χ2v) is 8.14. The standard InChI is InChI=1S/C23H26N6O2/c24-17-9-10-28(13-17)22-25-21(16-5-3-6-18(31)12-16)26-23(27-22)29-11-8-15-4-1-2-7-19(15)20(29)14-30/h1-7,12,17,20,30-31H,8-11,13-14,24H2/t17?,20-/m0/s1. The molecule has 31 heavy (non-hydrogen) atoms. The number of fused-ring (bicyclic) bond motifs is 1. The van der Waals surface area contributed by atoms with E-state index in [0.29, 0.717) is 36.4 Å². The van der Waals surface area contributed by atoms with Crippen LogP contribution in [-0.2, 0) is 6.42 Å². The number of hydrogen-bond donors (Lipinski definition) is 3. The van der Waals surface area contributed by atoms with Crippen LogP contribution in [0.2, 0.25) is 0 Å². The summed E-state index contributed by atoms with van der Waals surface area (Å²) in [5, 5.41) is 20.2. The molecule has 0 bridgehead atoms. The summed E-state index contributed by atoms with van der Waals surface area (Å²) >= 11 is 0. The van der Waals surface area contributed by atoms with Crippen LogP contribution < -0.4 is 15.5 Å². The van der Waals surface area contributed by atoms with Crippen LogP contribution in [0.1, 0.15) is 23.6 Å². The van der Waals surface area contributed by atoms with Crippen LogP contribution in [0.25, 0.3) is 11.4 Å². The van der Waals surface area contributed by atoms with Crippen LogP contribution in [0.4, 0.5) is 11.9 Å². The quantitative estimate of drug-likeness (QED) is 0.589. The summed E-state index contributed by atoms with van der Waals surface area (Å²) in [4.78, 5) is 18.4. The molecule has 8 nitrogen and oxygen atoms in total. The van der Waals surface area contributed by atoms with Gasteiger partial charge in [-0.15, -0.1) is 0 Å². The Labute approximate surface area is 181 Å². The number of nitrogens with zero attached hydrogens (tertiary/aromatic N) is 5. The van der Waals surface area contributed by atoms with E-state index in [1.165, 1.54) is 5.56 Å². The van der Waals surface area contributed by atoms with Crippen LogP contribution in [-0.4, -0.2) is 57.4 Å². The van der Waals surface area contributed by atoms with Crippen molar-refractivity contribution in [1.29, 1.82) is 0 Å². The van der Waals surface area contributed by atoms with Gasteiger partial charge in [-0.05, 0) is 36.1 Å². The minimum atomic E-state index is -0.224. The molecule has 1 unspecified atom stereocenters. The molecule has 1 aromatic heterocycles. The van der Waals surface area contributed by atoms with Gasteiger partial charge in [0, 0.05) is 31.2 Å². The fourth-order valence-electron chi connectivity index (χ4n) is 4.45. The Kier molecular flexibility index (Phi) is 5.17. The predicted molar refractivity (Wildman–Crippen MR) is 119 cm³/mol.